The molecule has 1 fully saturated rings. The second-order valence-corrected chi connectivity index (χ2v) is 8.64. The van der Waals surface area contributed by atoms with Gasteiger partial charge >= 0.3 is 0 Å². The molecule has 1 atom stereocenters. The minimum atomic E-state index is -3.43. The Morgan fingerprint density at radius 2 is 2.15 bits per heavy atom. The van der Waals surface area contributed by atoms with Crippen molar-refractivity contribution in [1.82, 2.24) is 9.62 Å². The van der Waals surface area contributed by atoms with E-state index in [1.54, 1.807) is 6.07 Å². The maximum Gasteiger partial charge on any atom is 0.250 e. The van der Waals surface area contributed by atoms with Crippen LogP contribution in [0.4, 0.5) is 0 Å². The fourth-order valence-electron chi connectivity index (χ4n) is 2.05. The molecule has 2 rings (SSSR count). The van der Waals surface area contributed by atoms with Crippen molar-refractivity contribution in [3.05, 3.63) is 16.5 Å². The molecule has 1 aliphatic rings. The van der Waals surface area contributed by atoms with E-state index in [9.17, 15) is 8.42 Å². The summed E-state index contributed by atoms with van der Waals surface area (Å²) in [5, 5.41) is 0. The number of ether oxygens (including phenoxy) is 1. The van der Waals surface area contributed by atoms with Crippen molar-refractivity contribution in [1.29, 1.82) is 0 Å². The third kappa shape index (κ3) is 4.68. The molecule has 0 spiro atoms. The molecular formula is C12H19ClN2O3S2. The molecule has 1 N–H and O–H groups in total. The summed E-state index contributed by atoms with van der Waals surface area (Å²) in [7, 11) is -3.43. The van der Waals surface area contributed by atoms with Gasteiger partial charge in [0.1, 0.15) is 4.21 Å². The minimum absolute atomic E-state index is 0.248. The summed E-state index contributed by atoms with van der Waals surface area (Å²) in [4.78, 5) is 2.30. The van der Waals surface area contributed by atoms with Crippen molar-refractivity contribution in [2.45, 2.75) is 11.1 Å². The van der Waals surface area contributed by atoms with Crippen molar-refractivity contribution in [3.63, 3.8) is 0 Å². The maximum absolute atomic E-state index is 12.0. The molecule has 0 bridgehead atoms. The van der Waals surface area contributed by atoms with Crippen LogP contribution in [0.2, 0.25) is 4.34 Å². The van der Waals surface area contributed by atoms with E-state index in [-0.39, 0.29) is 10.1 Å². The lowest BCUT2D eigenvalue weighted by atomic mass is 10.1. The molecule has 0 radical (unpaired) electrons. The quantitative estimate of drug-likeness (QED) is 0.856. The van der Waals surface area contributed by atoms with Gasteiger partial charge in [-0.05, 0) is 18.1 Å². The van der Waals surface area contributed by atoms with Gasteiger partial charge in [-0.25, -0.2) is 13.1 Å². The number of rotatable bonds is 6. The van der Waals surface area contributed by atoms with Crippen LogP contribution in [0.3, 0.4) is 0 Å². The second-order valence-electron chi connectivity index (χ2n) is 4.93. The van der Waals surface area contributed by atoms with E-state index in [1.807, 2.05) is 6.92 Å². The van der Waals surface area contributed by atoms with E-state index >= 15 is 0 Å². The summed E-state index contributed by atoms with van der Waals surface area (Å²) in [5.74, 6) is 0.248. The summed E-state index contributed by atoms with van der Waals surface area (Å²) < 4.78 is 32.8. The van der Waals surface area contributed by atoms with Gasteiger partial charge in [0.2, 0.25) is 10.0 Å². The highest BCUT2D eigenvalue weighted by molar-refractivity contribution is 7.91. The molecule has 0 saturated carbocycles. The van der Waals surface area contributed by atoms with E-state index in [1.165, 1.54) is 6.07 Å². The molecule has 20 heavy (non-hydrogen) atoms. The zero-order valence-electron chi connectivity index (χ0n) is 11.3. The molecule has 0 aliphatic carbocycles. The van der Waals surface area contributed by atoms with Crippen LogP contribution in [0.15, 0.2) is 16.3 Å². The maximum atomic E-state index is 12.0. The Labute approximate surface area is 128 Å². The summed E-state index contributed by atoms with van der Waals surface area (Å²) >= 11 is 6.84. The normalized spacial score (nSPS) is 19.1. The van der Waals surface area contributed by atoms with Crippen LogP contribution in [0.1, 0.15) is 6.92 Å². The Bertz CT molecular complexity index is 527. The molecule has 1 aromatic heterocycles. The van der Waals surface area contributed by atoms with Gasteiger partial charge in [0.15, 0.2) is 0 Å². The Morgan fingerprint density at radius 1 is 1.45 bits per heavy atom. The fraction of sp³-hybridized carbons (Fsp3) is 0.667. The molecule has 5 nitrogen and oxygen atoms in total. The standard InChI is InChI=1S/C12H19ClN2O3S2/c1-10(9-15-4-6-18-7-5-15)8-14-20(16,17)12-3-2-11(13)19-12/h2-3,10,14H,4-9H2,1H3. The number of hydrogen-bond acceptors (Lipinski definition) is 5. The van der Waals surface area contributed by atoms with Crippen LogP contribution in [-0.4, -0.2) is 52.7 Å². The lowest BCUT2D eigenvalue weighted by Crippen LogP contribution is -2.41. The fourth-order valence-corrected chi connectivity index (χ4v) is 4.75. The van der Waals surface area contributed by atoms with Crippen LogP contribution >= 0.6 is 22.9 Å². The molecule has 8 heteroatoms. The van der Waals surface area contributed by atoms with E-state index in [4.69, 9.17) is 16.3 Å². The van der Waals surface area contributed by atoms with Crippen molar-refractivity contribution < 1.29 is 13.2 Å². The predicted molar refractivity (Wildman–Crippen MR) is 80.9 cm³/mol. The minimum Gasteiger partial charge on any atom is -0.379 e. The molecular weight excluding hydrogens is 320 g/mol. The molecule has 1 saturated heterocycles. The lowest BCUT2D eigenvalue weighted by molar-refractivity contribution is 0.0321. The number of thiophene rings is 1. The summed E-state index contributed by atoms with van der Waals surface area (Å²) in [6.45, 7) is 6.68. The van der Waals surface area contributed by atoms with Gasteiger partial charge in [0.25, 0.3) is 0 Å². The highest BCUT2D eigenvalue weighted by atomic mass is 35.5. The highest BCUT2D eigenvalue weighted by Gasteiger charge is 2.19. The van der Waals surface area contributed by atoms with Crippen LogP contribution in [0, 0.1) is 5.92 Å². The van der Waals surface area contributed by atoms with Crippen molar-refractivity contribution in [3.8, 4) is 0 Å². The molecule has 0 aromatic carbocycles. The molecule has 1 unspecified atom stereocenters. The monoisotopic (exact) mass is 338 g/mol. The number of hydrogen-bond donors (Lipinski definition) is 1. The number of nitrogens with one attached hydrogen (secondary N) is 1. The molecule has 1 aromatic rings. The van der Waals surface area contributed by atoms with E-state index in [0.717, 1.165) is 44.2 Å². The third-order valence-electron chi connectivity index (χ3n) is 3.11. The molecule has 1 aliphatic heterocycles. The van der Waals surface area contributed by atoms with E-state index in [0.29, 0.717) is 10.9 Å². The highest BCUT2D eigenvalue weighted by Crippen LogP contribution is 2.25. The smallest absolute Gasteiger partial charge is 0.250 e. The van der Waals surface area contributed by atoms with Gasteiger partial charge in [-0.1, -0.05) is 18.5 Å². The van der Waals surface area contributed by atoms with Crippen LogP contribution < -0.4 is 4.72 Å². The summed E-state index contributed by atoms with van der Waals surface area (Å²) in [6, 6.07) is 3.12. The number of nitrogens with zero attached hydrogens (tertiary/aromatic N) is 1. The molecule has 0 amide bonds. The number of morpholine rings is 1. The van der Waals surface area contributed by atoms with Gasteiger partial charge in [-0.3, -0.25) is 4.90 Å². The van der Waals surface area contributed by atoms with Gasteiger partial charge in [0, 0.05) is 26.2 Å². The van der Waals surface area contributed by atoms with Crippen LogP contribution in [0.25, 0.3) is 0 Å². The van der Waals surface area contributed by atoms with Crippen molar-refractivity contribution >= 4 is 33.0 Å². The zero-order valence-corrected chi connectivity index (χ0v) is 13.7. The first-order valence-electron chi connectivity index (χ1n) is 6.52. The Morgan fingerprint density at radius 3 is 2.75 bits per heavy atom. The first-order valence-corrected chi connectivity index (χ1v) is 9.20. The SMILES string of the molecule is CC(CNS(=O)(=O)c1ccc(Cl)s1)CN1CCOCC1. The first kappa shape index (κ1) is 16.2. The predicted octanol–water partition coefficient (Wildman–Crippen LogP) is 1.65. The Kier molecular flexibility index (Phi) is 5.83. The molecule has 2 heterocycles. The van der Waals surface area contributed by atoms with Gasteiger partial charge in [-0.2, -0.15) is 0 Å². The lowest BCUT2D eigenvalue weighted by Gasteiger charge is -2.29. The average molecular weight is 339 g/mol. The topological polar surface area (TPSA) is 58.6 Å². The van der Waals surface area contributed by atoms with Crippen LogP contribution in [0.5, 0.6) is 0 Å². The Hall–Kier alpha value is -0.180. The Balaban J connectivity index is 1.81. The number of sulfonamides is 1. The van der Waals surface area contributed by atoms with Gasteiger partial charge < -0.3 is 4.74 Å². The zero-order chi connectivity index (χ0) is 14.6. The van der Waals surface area contributed by atoms with Crippen molar-refractivity contribution in [2.24, 2.45) is 5.92 Å². The average Bonchev–Trinajstić information content (AvgIpc) is 2.85. The third-order valence-corrected chi connectivity index (χ3v) is 6.26. The van der Waals surface area contributed by atoms with Gasteiger partial charge in [0.05, 0.1) is 17.6 Å². The van der Waals surface area contributed by atoms with Crippen molar-refractivity contribution in [2.75, 3.05) is 39.4 Å². The van der Waals surface area contributed by atoms with Crippen LogP contribution in [-0.2, 0) is 14.8 Å². The van der Waals surface area contributed by atoms with Gasteiger partial charge in [-0.15, -0.1) is 11.3 Å². The second kappa shape index (κ2) is 7.20. The number of halogens is 1. The largest absolute Gasteiger partial charge is 0.379 e. The molecule has 114 valence electrons. The summed E-state index contributed by atoms with van der Waals surface area (Å²) in [6.07, 6.45) is 0. The summed E-state index contributed by atoms with van der Waals surface area (Å²) in [5.41, 5.74) is 0. The van der Waals surface area contributed by atoms with E-state index in [2.05, 4.69) is 9.62 Å². The first-order chi connectivity index (χ1) is 9.47. The van der Waals surface area contributed by atoms with E-state index < -0.39 is 10.0 Å².